The smallest absolute Gasteiger partial charge is 0.0781 e. The number of anilines is 2. The Balaban J connectivity index is 0.000000228. The van der Waals surface area contributed by atoms with Crippen molar-refractivity contribution in [2.45, 2.75) is 13.0 Å². The minimum atomic E-state index is 0.583. The molecule has 0 aliphatic carbocycles. The van der Waals surface area contributed by atoms with E-state index in [-0.39, 0.29) is 0 Å². The van der Waals surface area contributed by atoms with Crippen LogP contribution in [0.4, 0.5) is 11.4 Å². The number of ether oxygens (including phenoxy) is 1. The van der Waals surface area contributed by atoms with Crippen LogP contribution in [0.15, 0.2) is 60.7 Å². The van der Waals surface area contributed by atoms with Crippen LogP contribution in [0.5, 0.6) is 0 Å². The maximum absolute atomic E-state index is 4.71. The van der Waals surface area contributed by atoms with Crippen molar-refractivity contribution in [3.05, 3.63) is 60.7 Å². The van der Waals surface area contributed by atoms with Gasteiger partial charge in [0.25, 0.3) is 0 Å². The highest BCUT2D eigenvalue weighted by Gasteiger charge is 2.13. The van der Waals surface area contributed by atoms with E-state index in [1.54, 1.807) is 0 Å². The molecular weight excluding hydrogens is 210 g/mol. The summed E-state index contributed by atoms with van der Waals surface area (Å²) in [5, 5.41) is 3.30. The van der Waals surface area contributed by atoms with Crippen LogP contribution in [-0.4, -0.2) is 12.7 Å². The molecule has 0 bridgehead atoms. The van der Waals surface area contributed by atoms with Crippen molar-refractivity contribution in [3.8, 4) is 0 Å². The molecule has 1 N–H and O–H groups in total. The zero-order chi connectivity index (χ0) is 11.9. The van der Waals surface area contributed by atoms with Gasteiger partial charge in [0.05, 0.1) is 12.7 Å². The largest absolute Gasteiger partial charge is 0.373 e. The molecule has 0 spiro atoms. The Kier molecular flexibility index (Phi) is 4.17. The number of epoxide rings is 1. The molecular formula is C15H17NO. The van der Waals surface area contributed by atoms with E-state index in [0.29, 0.717) is 6.10 Å². The summed E-state index contributed by atoms with van der Waals surface area (Å²) < 4.78 is 4.71. The Labute approximate surface area is 102 Å². The molecule has 1 fully saturated rings. The lowest BCUT2D eigenvalue weighted by Gasteiger charge is -2.04. The molecule has 88 valence electrons. The quantitative estimate of drug-likeness (QED) is 0.788. The van der Waals surface area contributed by atoms with Crippen LogP contribution in [0.25, 0.3) is 0 Å². The lowest BCUT2D eigenvalue weighted by Crippen LogP contribution is -1.87. The first-order valence-electron chi connectivity index (χ1n) is 5.83. The molecule has 3 rings (SSSR count). The predicted molar refractivity (Wildman–Crippen MR) is 71.6 cm³/mol. The molecule has 0 saturated carbocycles. The van der Waals surface area contributed by atoms with Gasteiger partial charge in [0, 0.05) is 11.4 Å². The van der Waals surface area contributed by atoms with Crippen LogP contribution in [0.3, 0.4) is 0 Å². The van der Waals surface area contributed by atoms with E-state index in [4.69, 9.17) is 4.74 Å². The second-order valence-electron chi connectivity index (χ2n) is 4.00. The van der Waals surface area contributed by atoms with Crippen molar-refractivity contribution in [1.29, 1.82) is 0 Å². The second kappa shape index (κ2) is 6.06. The fourth-order valence-corrected chi connectivity index (χ4v) is 1.31. The van der Waals surface area contributed by atoms with Gasteiger partial charge in [-0.05, 0) is 31.2 Å². The average molecular weight is 227 g/mol. The average Bonchev–Trinajstić information content (AvgIpc) is 3.15. The van der Waals surface area contributed by atoms with E-state index in [1.165, 1.54) is 0 Å². The Morgan fingerprint density at radius 2 is 1.24 bits per heavy atom. The van der Waals surface area contributed by atoms with Crippen LogP contribution >= 0.6 is 0 Å². The van der Waals surface area contributed by atoms with Gasteiger partial charge in [-0.25, -0.2) is 0 Å². The number of hydrogen-bond donors (Lipinski definition) is 1. The monoisotopic (exact) mass is 227 g/mol. The highest BCUT2D eigenvalue weighted by molar-refractivity contribution is 5.58. The summed E-state index contributed by atoms with van der Waals surface area (Å²) in [7, 11) is 0. The minimum Gasteiger partial charge on any atom is -0.373 e. The first kappa shape index (κ1) is 11.7. The molecule has 2 aromatic rings. The number of nitrogens with one attached hydrogen (secondary N) is 1. The number of para-hydroxylation sites is 2. The van der Waals surface area contributed by atoms with E-state index in [0.717, 1.165) is 18.0 Å². The summed E-state index contributed by atoms with van der Waals surface area (Å²) in [6, 6.07) is 20.3. The molecule has 0 radical (unpaired) electrons. The van der Waals surface area contributed by atoms with Gasteiger partial charge < -0.3 is 10.1 Å². The zero-order valence-corrected chi connectivity index (χ0v) is 9.97. The predicted octanol–water partition coefficient (Wildman–Crippen LogP) is 3.84. The Bertz CT molecular complexity index is 386. The summed E-state index contributed by atoms with van der Waals surface area (Å²) in [4.78, 5) is 0. The second-order valence-corrected chi connectivity index (χ2v) is 4.00. The highest BCUT2D eigenvalue weighted by Crippen LogP contribution is 2.14. The molecule has 2 aromatic carbocycles. The first-order chi connectivity index (χ1) is 8.34. The Hall–Kier alpha value is -1.80. The topological polar surface area (TPSA) is 24.6 Å². The van der Waals surface area contributed by atoms with Crippen molar-refractivity contribution in [1.82, 2.24) is 0 Å². The SMILES string of the molecule is CC1CO1.c1ccc(Nc2ccccc2)cc1. The van der Waals surface area contributed by atoms with E-state index in [2.05, 4.69) is 12.2 Å². The van der Waals surface area contributed by atoms with Gasteiger partial charge in [-0.2, -0.15) is 0 Å². The van der Waals surface area contributed by atoms with Crippen molar-refractivity contribution < 1.29 is 4.74 Å². The summed E-state index contributed by atoms with van der Waals surface area (Å²) >= 11 is 0. The minimum absolute atomic E-state index is 0.583. The van der Waals surface area contributed by atoms with Gasteiger partial charge in [0.1, 0.15) is 0 Å². The highest BCUT2D eigenvalue weighted by atomic mass is 16.6. The number of hydrogen-bond acceptors (Lipinski definition) is 2. The summed E-state index contributed by atoms with van der Waals surface area (Å²) in [6.07, 6.45) is 0.583. The molecule has 17 heavy (non-hydrogen) atoms. The van der Waals surface area contributed by atoms with Crippen LogP contribution in [-0.2, 0) is 4.74 Å². The fraction of sp³-hybridized carbons (Fsp3) is 0.200. The maximum atomic E-state index is 4.71. The van der Waals surface area contributed by atoms with Crippen LogP contribution in [0.1, 0.15) is 6.92 Å². The third kappa shape index (κ3) is 4.70. The molecule has 1 heterocycles. The van der Waals surface area contributed by atoms with E-state index in [1.807, 2.05) is 60.7 Å². The van der Waals surface area contributed by atoms with Crippen LogP contribution in [0.2, 0.25) is 0 Å². The first-order valence-corrected chi connectivity index (χ1v) is 5.83. The van der Waals surface area contributed by atoms with E-state index >= 15 is 0 Å². The van der Waals surface area contributed by atoms with Crippen LogP contribution < -0.4 is 5.32 Å². The number of rotatable bonds is 2. The maximum Gasteiger partial charge on any atom is 0.0781 e. The normalized spacial score (nSPS) is 16.6. The van der Waals surface area contributed by atoms with E-state index in [9.17, 15) is 0 Å². The lowest BCUT2D eigenvalue weighted by molar-refractivity contribution is 0.423. The standard InChI is InChI=1S/C12H11N.C3H6O/c1-3-7-11(8-4-1)13-12-9-5-2-6-10-12;1-3-2-4-3/h1-10,13H;3H,2H2,1H3. The lowest BCUT2D eigenvalue weighted by atomic mass is 10.3. The molecule has 1 saturated heterocycles. The van der Waals surface area contributed by atoms with Gasteiger partial charge in [0.2, 0.25) is 0 Å². The van der Waals surface area contributed by atoms with E-state index < -0.39 is 0 Å². The summed E-state index contributed by atoms with van der Waals surface area (Å²) in [5.41, 5.74) is 2.24. The fourth-order valence-electron chi connectivity index (χ4n) is 1.31. The molecule has 0 amide bonds. The van der Waals surface area contributed by atoms with Gasteiger partial charge in [0.15, 0.2) is 0 Å². The molecule has 0 aromatic heterocycles. The van der Waals surface area contributed by atoms with Gasteiger partial charge in [-0.1, -0.05) is 36.4 Å². The van der Waals surface area contributed by atoms with Crippen molar-refractivity contribution in [3.63, 3.8) is 0 Å². The van der Waals surface area contributed by atoms with Gasteiger partial charge >= 0.3 is 0 Å². The summed E-state index contributed by atoms with van der Waals surface area (Å²) in [6.45, 7) is 3.04. The number of benzene rings is 2. The van der Waals surface area contributed by atoms with Gasteiger partial charge in [-0.3, -0.25) is 0 Å². The third-order valence-electron chi connectivity index (χ3n) is 2.34. The molecule has 2 heteroatoms. The molecule has 1 atom stereocenters. The zero-order valence-electron chi connectivity index (χ0n) is 9.97. The van der Waals surface area contributed by atoms with Crippen molar-refractivity contribution >= 4 is 11.4 Å². The molecule has 2 nitrogen and oxygen atoms in total. The Morgan fingerprint density at radius 1 is 0.882 bits per heavy atom. The molecule has 1 unspecified atom stereocenters. The van der Waals surface area contributed by atoms with Crippen LogP contribution in [0, 0.1) is 0 Å². The van der Waals surface area contributed by atoms with Crippen molar-refractivity contribution in [2.24, 2.45) is 0 Å². The Morgan fingerprint density at radius 3 is 1.53 bits per heavy atom. The summed E-state index contributed by atoms with van der Waals surface area (Å²) in [5.74, 6) is 0. The molecule has 1 aliphatic rings. The van der Waals surface area contributed by atoms with Gasteiger partial charge in [-0.15, -0.1) is 0 Å². The van der Waals surface area contributed by atoms with Crippen molar-refractivity contribution in [2.75, 3.05) is 11.9 Å². The molecule has 1 aliphatic heterocycles. The third-order valence-corrected chi connectivity index (χ3v) is 2.34.